The number of hydrogen-bond donors (Lipinski definition) is 0. The minimum atomic E-state index is 0.633. The summed E-state index contributed by atoms with van der Waals surface area (Å²) in [6.45, 7) is 0.633. The molecular formula is C13H18N4O. The molecule has 0 aliphatic heterocycles. The van der Waals surface area contributed by atoms with Crippen molar-refractivity contribution in [3.8, 4) is 0 Å². The molecule has 0 amide bonds. The summed E-state index contributed by atoms with van der Waals surface area (Å²) in [6.07, 6.45) is 13.0. The topological polar surface area (TPSA) is 56.7 Å². The van der Waals surface area contributed by atoms with Crippen LogP contribution in [0.5, 0.6) is 0 Å². The predicted molar refractivity (Wildman–Crippen MR) is 65.9 cm³/mol. The highest BCUT2D eigenvalue weighted by Crippen LogP contribution is 2.26. The highest BCUT2D eigenvalue weighted by Gasteiger charge is 2.17. The number of rotatable bonds is 4. The van der Waals surface area contributed by atoms with Gasteiger partial charge in [0, 0.05) is 18.8 Å². The Balaban J connectivity index is 1.59. The summed E-state index contributed by atoms with van der Waals surface area (Å²) in [7, 11) is 0. The molecule has 96 valence electrons. The molecule has 5 heteroatoms. The lowest BCUT2D eigenvalue weighted by molar-refractivity contribution is 0.303. The zero-order chi connectivity index (χ0) is 12.2. The highest BCUT2D eigenvalue weighted by molar-refractivity contribution is 4.91. The van der Waals surface area contributed by atoms with Crippen molar-refractivity contribution in [3.05, 3.63) is 30.4 Å². The van der Waals surface area contributed by atoms with Crippen LogP contribution in [0.2, 0.25) is 0 Å². The van der Waals surface area contributed by atoms with E-state index < -0.39 is 0 Å². The molecule has 0 atom stereocenters. The molecule has 5 nitrogen and oxygen atoms in total. The van der Waals surface area contributed by atoms with Crippen molar-refractivity contribution in [2.24, 2.45) is 5.92 Å². The predicted octanol–water partition coefficient (Wildman–Crippen LogP) is 2.44. The Morgan fingerprint density at radius 1 is 1.28 bits per heavy atom. The van der Waals surface area contributed by atoms with Crippen LogP contribution in [0.4, 0.5) is 0 Å². The fourth-order valence-electron chi connectivity index (χ4n) is 2.62. The van der Waals surface area contributed by atoms with Gasteiger partial charge in [-0.05, 0) is 18.8 Å². The van der Waals surface area contributed by atoms with E-state index in [0.29, 0.717) is 6.54 Å². The van der Waals surface area contributed by atoms with Crippen molar-refractivity contribution in [1.82, 2.24) is 19.7 Å². The van der Waals surface area contributed by atoms with E-state index in [1.165, 1.54) is 32.1 Å². The number of imidazole rings is 1. The summed E-state index contributed by atoms with van der Waals surface area (Å²) < 4.78 is 7.26. The summed E-state index contributed by atoms with van der Waals surface area (Å²) in [6, 6.07) is 0. The summed E-state index contributed by atoms with van der Waals surface area (Å²) in [5.41, 5.74) is 0. The average molecular weight is 246 g/mol. The van der Waals surface area contributed by atoms with Crippen molar-refractivity contribution in [2.75, 3.05) is 0 Å². The molecule has 3 rings (SSSR count). The molecule has 0 spiro atoms. The molecule has 2 aromatic heterocycles. The molecule has 1 aliphatic rings. The van der Waals surface area contributed by atoms with E-state index in [0.717, 1.165) is 24.1 Å². The first kappa shape index (κ1) is 11.4. The van der Waals surface area contributed by atoms with Gasteiger partial charge in [-0.3, -0.25) is 0 Å². The first-order valence-corrected chi connectivity index (χ1v) is 6.67. The third-order valence-corrected chi connectivity index (χ3v) is 3.58. The van der Waals surface area contributed by atoms with Crippen LogP contribution in [0.25, 0.3) is 0 Å². The van der Waals surface area contributed by atoms with Gasteiger partial charge in [-0.25, -0.2) is 4.98 Å². The van der Waals surface area contributed by atoms with Crippen LogP contribution >= 0.6 is 0 Å². The molecule has 0 radical (unpaired) electrons. The van der Waals surface area contributed by atoms with Crippen LogP contribution in [0.1, 0.15) is 43.8 Å². The zero-order valence-electron chi connectivity index (χ0n) is 10.5. The Morgan fingerprint density at radius 3 is 2.94 bits per heavy atom. The second-order valence-corrected chi connectivity index (χ2v) is 5.05. The first-order chi connectivity index (χ1) is 8.90. The van der Waals surface area contributed by atoms with E-state index in [1.807, 2.05) is 10.8 Å². The van der Waals surface area contributed by atoms with Crippen molar-refractivity contribution >= 4 is 0 Å². The smallest absolute Gasteiger partial charge is 0.226 e. The van der Waals surface area contributed by atoms with Gasteiger partial charge in [0.2, 0.25) is 5.89 Å². The van der Waals surface area contributed by atoms with Crippen molar-refractivity contribution in [2.45, 2.75) is 45.1 Å². The fourth-order valence-corrected chi connectivity index (χ4v) is 2.62. The van der Waals surface area contributed by atoms with Gasteiger partial charge in [0.05, 0.1) is 12.9 Å². The van der Waals surface area contributed by atoms with E-state index in [2.05, 4.69) is 15.1 Å². The maximum Gasteiger partial charge on any atom is 0.226 e. The second kappa shape index (κ2) is 5.33. The van der Waals surface area contributed by atoms with E-state index in [9.17, 15) is 0 Å². The quantitative estimate of drug-likeness (QED) is 0.831. The van der Waals surface area contributed by atoms with Crippen LogP contribution in [0.3, 0.4) is 0 Å². The Bertz CT molecular complexity index is 471. The molecule has 1 saturated carbocycles. The lowest BCUT2D eigenvalue weighted by Crippen LogP contribution is -2.09. The Kier molecular flexibility index (Phi) is 3.39. The molecule has 2 aromatic rings. The number of nitrogens with zero attached hydrogens (tertiary/aromatic N) is 4. The summed E-state index contributed by atoms with van der Waals surface area (Å²) in [5, 5.41) is 4.02. The van der Waals surface area contributed by atoms with Gasteiger partial charge < -0.3 is 9.09 Å². The number of aromatic nitrogens is 4. The molecule has 1 fully saturated rings. The van der Waals surface area contributed by atoms with Crippen molar-refractivity contribution < 1.29 is 4.52 Å². The van der Waals surface area contributed by atoms with Gasteiger partial charge in [-0.15, -0.1) is 0 Å². The van der Waals surface area contributed by atoms with Crippen LogP contribution in [-0.4, -0.2) is 19.7 Å². The lowest BCUT2D eigenvalue weighted by atomic mass is 9.87. The Labute approximate surface area is 106 Å². The Hall–Kier alpha value is -1.65. The van der Waals surface area contributed by atoms with Gasteiger partial charge in [-0.1, -0.05) is 24.4 Å². The molecule has 0 saturated heterocycles. The number of hydrogen-bond acceptors (Lipinski definition) is 4. The van der Waals surface area contributed by atoms with Gasteiger partial charge in [0.1, 0.15) is 0 Å². The summed E-state index contributed by atoms with van der Waals surface area (Å²) in [5.74, 6) is 2.26. The third-order valence-electron chi connectivity index (χ3n) is 3.58. The molecule has 0 unspecified atom stereocenters. The molecule has 0 bridgehead atoms. The minimum absolute atomic E-state index is 0.633. The third kappa shape index (κ3) is 2.78. The first-order valence-electron chi connectivity index (χ1n) is 6.67. The van der Waals surface area contributed by atoms with E-state index in [-0.39, 0.29) is 0 Å². The maximum absolute atomic E-state index is 5.32. The molecule has 18 heavy (non-hydrogen) atoms. The molecule has 0 aromatic carbocycles. The Morgan fingerprint density at radius 2 is 2.17 bits per heavy atom. The van der Waals surface area contributed by atoms with Crippen LogP contribution in [0, 0.1) is 5.92 Å². The minimum Gasteiger partial charge on any atom is -0.339 e. The van der Waals surface area contributed by atoms with Crippen molar-refractivity contribution in [1.29, 1.82) is 0 Å². The zero-order valence-corrected chi connectivity index (χ0v) is 10.5. The van der Waals surface area contributed by atoms with E-state index >= 15 is 0 Å². The normalized spacial score (nSPS) is 17.1. The van der Waals surface area contributed by atoms with Crippen molar-refractivity contribution in [3.63, 3.8) is 0 Å². The monoisotopic (exact) mass is 246 g/mol. The maximum atomic E-state index is 5.32. The van der Waals surface area contributed by atoms with E-state index in [1.54, 1.807) is 12.5 Å². The summed E-state index contributed by atoms with van der Waals surface area (Å²) in [4.78, 5) is 8.45. The summed E-state index contributed by atoms with van der Waals surface area (Å²) >= 11 is 0. The molecule has 1 aliphatic carbocycles. The SMILES string of the molecule is c1cn(Cc2noc(CC3CCCCC3)n2)cn1. The van der Waals surface area contributed by atoms with Crippen LogP contribution < -0.4 is 0 Å². The molecule has 2 heterocycles. The van der Waals surface area contributed by atoms with Gasteiger partial charge in [0.25, 0.3) is 0 Å². The van der Waals surface area contributed by atoms with Gasteiger partial charge >= 0.3 is 0 Å². The second-order valence-electron chi connectivity index (χ2n) is 5.05. The molecular weight excluding hydrogens is 228 g/mol. The fraction of sp³-hybridized carbons (Fsp3) is 0.615. The van der Waals surface area contributed by atoms with E-state index in [4.69, 9.17) is 4.52 Å². The molecule has 0 N–H and O–H groups in total. The van der Waals surface area contributed by atoms with Crippen LogP contribution in [0.15, 0.2) is 23.2 Å². The van der Waals surface area contributed by atoms with Gasteiger partial charge in [-0.2, -0.15) is 4.98 Å². The standard InChI is InChI=1S/C13H18N4O/c1-2-4-11(5-3-1)8-13-15-12(16-18-13)9-17-7-6-14-10-17/h6-7,10-11H,1-5,8-9H2. The highest BCUT2D eigenvalue weighted by atomic mass is 16.5. The largest absolute Gasteiger partial charge is 0.339 e. The van der Waals surface area contributed by atoms with Gasteiger partial charge in [0.15, 0.2) is 5.82 Å². The average Bonchev–Trinajstić information content (AvgIpc) is 3.03. The van der Waals surface area contributed by atoms with Crippen LogP contribution in [-0.2, 0) is 13.0 Å². The lowest BCUT2D eigenvalue weighted by Gasteiger charge is -2.19.